The van der Waals surface area contributed by atoms with Crippen LogP contribution in [0.5, 0.6) is 0 Å². The molecule has 0 radical (unpaired) electrons. The second kappa shape index (κ2) is 5.69. The van der Waals surface area contributed by atoms with Gasteiger partial charge in [0, 0.05) is 31.4 Å². The number of nitrogens with one attached hydrogen (secondary N) is 1. The van der Waals surface area contributed by atoms with E-state index >= 15 is 0 Å². The summed E-state index contributed by atoms with van der Waals surface area (Å²) in [6.45, 7) is 6.83. The Hall–Kier alpha value is -0.800. The lowest BCUT2D eigenvalue weighted by Crippen LogP contribution is -2.42. The van der Waals surface area contributed by atoms with E-state index in [4.69, 9.17) is 11.6 Å². The van der Waals surface area contributed by atoms with E-state index in [1.54, 1.807) is 12.4 Å². The maximum absolute atomic E-state index is 6.11. The van der Waals surface area contributed by atoms with Gasteiger partial charge >= 0.3 is 0 Å². The molecular weight excluding hydrogens is 234 g/mol. The molecule has 0 bridgehead atoms. The Balaban J connectivity index is 1.88. The predicted molar refractivity (Wildman–Crippen MR) is 72.6 cm³/mol. The number of likely N-dealkylation sites (tertiary alicyclic amines) is 1. The molecule has 1 saturated heterocycles. The minimum absolute atomic E-state index is 0.520. The van der Waals surface area contributed by atoms with Crippen LogP contribution in [-0.2, 0) is 0 Å². The van der Waals surface area contributed by atoms with Crippen molar-refractivity contribution in [2.75, 3.05) is 18.4 Å². The minimum Gasteiger partial charge on any atom is -0.380 e. The Kier molecular flexibility index (Phi) is 4.24. The molecule has 17 heavy (non-hydrogen) atoms. The summed E-state index contributed by atoms with van der Waals surface area (Å²) >= 11 is 6.11. The van der Waals surface area contributed by atoms with Gasteiger partial charge in [-0.1, -0.05) is 11.6 Å². The highest BCUT2D eigenvalue weighted by Crippen LogP contribution is 2.23. The average molecular weight is 254 g/mol. The van der Waals surface area contributed by atoms with Crippen molar-refractivity contribution in [2.45, 2.75) is 38.8 Å². The molecule has 1 fully saturated rings. The Bertz CT molecular complexity index is 359. The first kappa shape index (κ1) is 12.7. The Labute approximate surface area is 108 Å². The molecule has 0 saturated carbocycles. The van der Waals surface area contributed by atoms with Gasteiger partial charge in [0.1, 0.15) is 0 Å². The molecule has 1 aliphatic rings. The monoisotopic (exact) mass is 253 g/mol. The second-order valence-corrected chi connectivity index (χ2v) is 5.31. The maximum Gasteiger partial charge on any atom is 0.0718 e. The normalized spacial score (nSPS) is 18.6. The van der Waals surface area contributed by atoms with E-state index in [0.717, 1.165) is 23.8 Å². The molecule has 0 atom stereocenters. The molecular formula is C13H20ClN3. The zero-order valence-electron chi connectivity index (χ0n) is 10.5. The molecule has 3 nitrogen and oxygen atoms in total. The van der Waals surface area contributed by atoms with Crippen molar-refractivity contribution >= 4 is 17.3 Å². The van der Waals surface area contributed by atoms with E-state index in [9.17, 15) is 0 Å². The zero-order valence-corrected chi connectivity index (χ0v) is 11.2. The largest absolute Gasteiger partial charge is 0.380 e. The highest BCUT2D eigenvalue weighted by Gasteiger charge is 2.20. The van der Waals surface area contributed by atoms with E-state index in [2.05, 4.69) is 29.0 Å². The summed E-state index contributed by atoms with van der Waals surface area (Å²) in [5, 5.41) is 4.24. The van der Waals surface area contributed by atoms with Crippen molar-refractivity contribution in [1.82, 2.24) is 9.88 Å². The fourth-order valence-electron chi connectivity index (χ4n) is 2.26. The van der Waals surface area contributed by atoms with E-state index < -0.39 is 0 Å². The number of rotatable bonds is 3. The molecule has 2 heterocycles. The van der Waals surface area contributed by atoms with Crippen LogP contribution >= 0.6 is 11.6 Å². The first-order chi connectivity index (χ1) is 8.16. The predicted octanol–water partition coefficient (Wildman–Crippen LogP) is 3.02. The third kappa shape index (κ3) is 3.33. The van der Waals surface area contributed by atoms with Crippen LogP contribution < -0.4 is 5.32 Å². The van der Waals surface area contributed by atoms with Crippen molar-refractivity contribution in [3.63, 3.8) is 0 Å². The summed E-state index contributed by atoms with van der Waals surface area (Å²) in [6, 6.07) is 3.00. The number of hydrogen-bond acceptors (Lipinski definition) is 3. The van der Waals surface area contributed by atoms with Crippen molar-refractivity contribution in [3.05, 3.63) is 23.5 Å². The van der Waals surface area contributed by atoms with Crippen LogP contribution in [0.4, 0.5) is 5.69 Å². The average Bonchev–Trinajstić information content (AvgIpc) is 2.33. The van der Waals surface area contributed by atoms with Crippen molar-refractivity contribution in [1.29, 1.82) is 0 Å². The quantitative estimate of drug-likeness (QED) is 0.898. The lowest BCUT2D eigenvalue weighted by atomic mass is 10.0. The molecule has 1 aromatic rings. The van der Waals surface area contributed by atoms with Gasteiger partial charge in [0.2, 0.25) is 0 Å². The van der Waals surface area contributed by atoms with Gasteiger partial charge in [0.05, 0.1) is 16.9 Å². The van der Waals surface area contributed by atoms with E-state index in [1.165, 1.54) is 12.8 Å². The number of hydrogen-bond donors (Lipinski definition) is 1. The first-order valence-corrected chi connectivity index (χ1v) is 6.64. The molecule has 4 heteroatoms. The smallest absolute Gasteiger partial charge is 0.0718 e. The molecule has 0 spiro atoms. The molecule has 0 unspecified atom stereocenters. The number of pyridine rings is 1. The van der Waals surface area contributed by atoms with Crippen molar-refractivity contribution in [2.24, 2.45) is 0 Å². The SMILES string of the molecule is CC(C)N1CCC(Nc2cnccc2Cl)CC1. The molecule has 0 aliphatic carbocycles. The summed E-state index contributed by atoms with van der Waals surface area (Å²) in [5.74, 6) is 0. The second-order valence-electron chi connectivity index (χ2n) is 4.90. The summed E-state index contributed by atoms with van der Waals surface area (Å²) in [5.41, 5.74) is 0.956. The Morgan fingerprint density at radius 1 is 1.41 bits per heavy atom. The number of anilines is 1. The molecule has 1 aromatic heterocycles. The molecule has 2 rings (SSSR count). The van der Waals surface area contributed by atoms with Crippen LogP contribution in [0.15, 0.2) is 18.5 Å². The standard InChI is InChI=1S/C13H20ClN3/c1-10(2)17-7-4-11(5-8-17)16-13-9-15-6-3-12(13)14/h3,6,9-11,16H,4-5,7-8H2,1-2H3. The van der Waals surface area contributed by atoms with Gasteiger partial charge in [-0.3, -0.25) is 4.98 Å². The van der Waals surface area contributed by atoms with Crippen LogP contribution in [0.2, 0.25) is 5.02 Å². The fraction of sp³-hybridized carbons (Fsp3) is 0.615. The highest BCUT2D eigenvalue weighted by molar-refractivity contribution is 6.33. The number of halogens is 1. The van der Waals surface area contributed by atoms with Crippen LogP contribution in [0.1, 0.15) is 26.7 Å². The van der Waals surface area contributed by atoms with Gasteiger partial charge in [0.25, 0.3) is 0 Å². The van der Waals surface area contributed by atoms with Gasteiger partial charge in [-0.2, -0.15) is 0 Å². The van der Waals surface area contributed by atoms with Crippen LogP contribution in [0.3, 0.4) is 0 Å². The Morgan fingerprint density at radius 3 is 2.71 bits per heavy atom. The molecule has 0 amide bonds. The summed E-state index contributed by atoms with van der Waals surface area (Å²) in [4.78, 5) is 6.61. The van der Waals surface area contributed by atoms with E-state index in [-0.39, 0.29) is 0 Å². The van der Waals surface area contributed by atoms with Crippen molar-refractivity contribution in [3.8, 4) is 0 Å². The number of aromatic nitrogens is 1. The summed E-state index contributed by atoms with van der Waals surface area (Å²) in [7, 11) is 0. The summed E-state index contributed by atoms with van der Waals surface area (Å²) in [6.07, 6.45) is 5.86. The van der Waals surface area contributed by atoms with E-state index in [0.29, 0.717) is 12.1 Å². The highest BCUT2D eigenvalue weighted by atomic mass is 35.5. The number of piperidine rings is 1. The molecule has 94 valence electrons. The lowest BCUT2D eigenvalue weighted by molar-refractivity contribution is 0.177. The maximum atomic E-state index is 6.11. The first-order valence-electron chi connectivity index (χ1n) is 6.27. The lowest BCUT2D eigenvalue weighted by Gasteiger charge is -2.35. The topological polar surface area (TPSA) is 28.2 Å². The molecule has 1 aliphatic heterocycles. The molecule has 0 aromatic carbocycles. The van der Waals surface area contributed by atoms with E-state index in [1.807, 2.05) is 6.07 Å². The van der Waals surface area contributed by atoms with Crippen LogP contribution in [-0.4, -0.2) is 35.1 Å². The van der Waals surface area contributed by atoms with Crippen LogP contribution in [0.25, 0.3) is 0 Å². The third-order valence-corrected chi connectivity index (χ3v) is 3.72. The zero-order chi connectivity index (χ0) is 12.3. The van der Waals surface area contributed by atoms with Crippen molar-refractivity contribution < 1.29 is 0 Å². The third-order valence-electron chi connectivity index (χ3n) is 3.39. The van der Waals surface area contributed by atoms with Crippen LogP contribution in [0, 0.1) is 0 Å². The minimum atomic E-state index is 0.520. The van der Waals surface area contributed by atoms with Gasteiger partial charge in [-0.25, -0.2) is 0 Å². The van der Waals surface area contributed by atoms with Gasteiger partial charge < -0.3 is 10.2 Å². The number of nitrogens with zero attached hydrogens (tertiary/aromatic N) is 2. The van der Waals surface area contributed by atoms with Gasteiger partial charge in [0.15, 0.2) is 0 Å². The molecule has 1 N–H and O–H groups in total. The Morgan fingerprint density at radius 2 is 2.12 bits per heavy atom. The summed E-state index contributed by atoms with van der Waals surface area (Å²) < 4.78 is 0. The fourth-order valence-corrected chi connectivity index (χ4v) is 2.42. The van der Waals surface area contributed by atoms with Gasteiger partial charge in [-0.15, -0.1) is 0 Å². The van der Waals surface area contributed by atoms with Gasteiger partial charge in [-0.05, 0) is 32.8 Å².